The summed E-state index contributed by atoms with van der Waals surface area (Å²) in [7, 11) is 3.94. The minimum absolute atomic E-state index is 0.109. The van der Waals surface area contributed by atoms with Gasteiger partial charge in [-0.15, -0.1) is 0 Å². The number of likely N-dealkylation sites (tertiary alicyclic amines) is 1. The SMILES string of the molecule is C=N/C=C(\NC[C@H](C)C(CC(C)C)NC)c1ccc(-c2ccc(/C(=C/C)NC(=C)C3CCCN3C(=C)C(NC)C(O)C(C)C)cc2)cc1. The highest BCUT2D eigenvalue weighted by atomic mass is 16.3. The van der Waals surface area contributed by atoms with Crippen LogP contribution in [-0.4, -0.2) is 68.1 Å². The van der Waals surface area contributed by atoms with Gasteiger partial charge >= 0.3 is 0 Å². The number of nitrogens with zero attached hydrogens (tertiary/aromatic N) is 2. The second-order valence-corrected chi connectivity index (χ2v) is 14.0. The van der Waals surface area contributed by atoms with Gasteiger partial charge in [0.25, 0.3) is 0 Å². The lowest BCUT2D eigenvalue weighted by Crippen LogP contribution is -2.48. The lowest BCUT2D eigenvalue weighted by atomic mass is 9.93. The van der Waals surface area contributed by atoms with Crippen LogP contribution in [0.5, 0.6) is 0 Å². The number of aliphatic hydroxyl groups is 1. The fourth-order valence-corrected chi connectivity index (χ4v) is 6.69. The van der Waals surface area contributed by atoms with Crippen molar-refractivity contribution in [1.82, 2.24) is 26.2 Å². The Bertz CT molecular complexity index is 1390. The minimum atomic E-state index is -0.509. The number of hydrogen-bond donors (Lipinski definition) is 5. The van der Waals surface area contributed by atoms with Crippen molar-refractivity contribution in [2.24, 2.45) is 22.7 Å². The molecule has 1 aliphatic heterocycles. The van der Waals surface area contributed by atoms with Crippen LogP contribution in [0, 0.1) is 17.8 Å². The summed E-state index contributed by atoms with van der Waals surface area (Å²) in [6.07, 6.45) is 6.59. The fourth-order valence-electron chi connectivity index (χ4n) is 6.69. The molecule has 7 heteroatoms. The van der Waals surface area contributed by atoms with Crippen LogP contribution in [-0.2, 0) is 0 Å². The van der Waals surface area contributed by atoms with Crippen LogP contribution in [0.15, 0.2) is 90.4 Å². The third kappa shape index (κ3) is 10.2. The summed E-state index contributed by atoms with van der Waals surface area (Å²) < 4.78 is 0. The highest BCUT2D eigenvalue weighted by molar-refractivity contribution is 5.72. The number of likely N-dealkylation sites (N-methyl/N-ethyl adjacent to an activating group) is 1. The van der Waals surface area contributed by atoms with Crippen molar-refractivity contribution >= 4 is 18.1 Å². The number of aliphatic hydroxyl groups excluding tert-OH is 1. The van der Waals surface area contributed by atoms with Crippen molar-refractivity contribution in [3.8, 4) is 11.1 Å². The van der Waals surface area contributed by atoms with Gasteiger partial charge in [0.05, 0.1) is 23.9 Å². The van der Waals surface area contributed by atoms with E-state index < -0.39 is 6.10 Å². The van der Waals surface area contributed by atoms with E-state index in [1.807, 2.05) is 41.1 Å². The maximum absolute atomic E-state index is 10.8. The van der Waals surface area contributed by atoms with Gasteiger partial charge in [-0.3, -0.25) is 4.99 Å². The molecule has 0 bridgehead atoms. The summed E-state index contributed by atoms with van der Waals surface area (Å²) in [4.78, 5) is 6.38. The van der Waals surface area contributed by atoms with Crippen LogP contribution in [0.3, 0.4) is 0 Å². The van der Waals surface area contributed by atoms with Crippen molar-refractivity contribution in [3.63, 3.8) is 0 Å². The van der Waals surface area contributed by atoms with Gasteiger partial charge in [0, 0.05) is 42.4 Å². The summed E-state index contributed by atoms with van der Waals surface area (Å²) in [5, 5.41) is 24.8. The summed E-state index contributed by atoms with van der Waals surface area (Å²) >= 11 is 0. The maximum atomic E-state index is 10.8. The molecule has 2 aromatic rings. The van der Waals surface area contributed by atoms with E-state index in [0.717, 1.165) is 77.4 Å². The molecule has 262 valence electrons. The normalized spacial score (nSPS) is 18.1. The molecule has 0 aromatic heterocycles. The third-order valence-electron chi connectivity index (χ3n) is 9.65. The van der Waals surface area contributed by atoms with Crippen LogP contribution in [0.2, 0.25) is 0 Å². The molecule has 1 saturated heterocycles. The Balaban J connectivity index is 1.67. The van der Waals surface area contributed by atoms with Gasteiger partial charge in [0.1, 0.15) is 0 Å². The van der Waals surface area contributed by atoms with Crippen LogP contribution >= 0.6 is 0 Å². The van der Waals surface area contributed by atoms with E-state index in [9.17, 15) is 5.11 Å². The Labute approximate surface area is 291 Å². The van der Waals surface area contributed by atoms with Gasteiger partial charge in [0.2, 0.25) is 0 Å². The van der Waals surface area contributed by atoms with E-state index in [2.05, 4.69) is 126 Å². The molecule has 0 radical (unpaired) electrons. The Kier molecular flexibility index (Phi) is 15.2. The smallest absolute Gasteiger partial charge is 0.0771 e. The van der Waals surface area contributed by atoms with Crippen LogP contribution in [0.25, 0.3) is 22.5 Å². The molecule has 1 aliphatic rings. The Morgan fingerprint density at radius 2 is 1.52 bits per heavy atom. The summed E-state index contributed by atoms with van der Waals surface area (Å²) in [5.74, 6) is 1.24. The maximum Gasteiger partial charge on any atom is 0.0771 e. The van der Waals surface area contributed by atoms with E-state index in [1.54, 1.807) is 0 Å². The standard InChI is InChI=1S/C41H62N6O/c1-12-36(46-30(7)39-14-13-23-47(39)31(8)40(44-11)41(48)28(4)5)34-19-15-32(16-20-34)33-17-21-35(22-18-33)38(26-42-9)45-25-29(6)37(43-10)24-27(2)3/h12,15-22,26-29,37,39-41,43-46,48H,7-9,13-14,23-25H2,1-6,10-11H3/b36-12-,38-26-/t29-,37?,39?,40?,41?/m0/s1. The lowest BCUT2D eigenvalue weighted by molar-refractivity contribution is 0.0864. The first-order valence-electron chi connectivity index (χ1n) is 17.7. The van der Waals surface area contributed by atoms with E-state index in [4.69, 9.17) is 0 Å². The average Bonchev–Trinajstić information content (AvgIpc) is 3.58. The summed E-state index contributed by atoms with van der Waals surface area (Å²) in [6.45, 7) is 27.2. The van der Waals surface area contributed by atoms with Crippen LogP contribution < -0.4 is 21.3 Å². The fraction of sp³-hybridized carbons (Fsp3) is 0.488. The highest BCUT2D eigenvalue weighted by Gasteiger charge is 2.34. The zero-order valence-electron chi connectivity index (χ0n) is 30.8. The van der Waals surface area contributed by atoms with Gasteiger partial charge in [-0.2, -0.15) is 0 Å². The molecule has 5 atom stereocenters. The molecular weight excluding hydrogens is 592 g/mol. The number of hydrogen-bond acceptors (Lipinski definition) is 7. The van der Waals surface area contributed by atoms with Crippen molar-refractivity contribution in [1.29, 1.82) is 0 Å². The first-order chi connectivity index (χ1) is 22.9. The molecule has 0 spiro atoms. The quantitative estimate of drug-likeness (QED) is 0.103. The molecule has 0 saturated carbocycles. The topological polar surface area (TPSA) is 84.0 Å². The predicted octanol–water partition coefficient (Wildman–Crippen LogP) is 7.26. The Hall–Kier alpha value is -3.65. The monoisotopic (exact) mass is 654 g/mol. The van der Waals surface area contributed by atoms with Crippen molar-refractivity contribution in [2.45, 2.75) is 85.0 Å². The van der Waals surface area contributed by atoms with Crippen LogP contribution in [0.4, 0.5) is 0 Å². The lowest BCUT2D eigenvalue weighted by Gasteiger charge is -2.37. The second kappa shape index (κ2) is 18.8. The number of nitrogens with one attached hydrogen (secondary N) is 4. The molecule has 0 aliphatic carbocycles. The van der Waals surface area contributed by atoms with Gasteiger partial charge in [-0.05, 0) is 87.0 Å². The van der Waals surface area contributed by atoms with Gasteiger partial charge in [0.15, 0.2) is 0 Å². The Morgan fingerprint density at radius 3 is 2.00 bits per heavy atom. The summed E-state index contributed by atoms with van der Waals surface area (Å²) in [5.41, 5.74) is 8.35. The molecular formula is C41H62N6O. The predicted molar refractivity (Wildman–Crippen MR) is 207 cm³/mol. The molecule has 1 fully saturated rings. The second-order valence-electron chi connectivity index (χ2n) is 14.0. The molecule has 0 amide bonds. The average molecular weight is 655 g/mol. The number of benzene rings is 2. The van der Waals surface area contributed by atoms with E-state index in [-0.39, 0.29) is 18.0 Å². The highest BCUT2D eigenvalue weighted by Crippen LogP contribution is 2.30. The zero-order valence-corrected chi connectivity index (χ0v) is 30.8. The molecule has 48 heavy (non-hydrogen) atoms. The minimum Gasteiger partial charge on any atom is -0.391 e. The third-order valence-corrected chi connectivity index (χ3v) is 9.65. The van der Waals surface area contributed by atoms with Crippen molar-refractivity contribution < 1.29 is 5.11 Å². The first kappa shape index (κ1) is 38.8. The van der Waals surface area contributed by atoms with Crippen LogP contribution in [0.1, 0.15) is 71.9 Å². The Morgan fingerprint density at radius 1 is 0.938 bits per heavy atom. The molecule has 3 rings (SSSR count). The molecule has 7 nitrogen and oxygen atoms in total. The first-order valence-corrected chi connectivity index (χ1v) is 17.7. The number of aliphatic imine (C=N–C) groups is 1. The van der Waals surface area contributed by atoms with Gasteiger partial charge < -0.3 is 31.3 Å². The molecule has 1 heterocycles. The number of rotatable bonds is 19. The van der Waals surface area contributed by atoms with Crippen molar-refractivity contribution in [3.05, 3.63) is 96.5 Å². The van der Waals surface area contributed by atoms with E-state index in [1.165, 1.54) is 0 Å². The van der Waals surface area contributed by atoms with E-state index >= 15 is 0 Å². The molecule has 4 unspecified atom stereocenters. The number of allylic oxidation sites excluding steroid dienone is 1. The molecule has 5 N–H and O–H groups in total. The molecule has 2 aromatic carbocycles. The van der Waals surface area contributed by atoms with Gasteiger partial charge in [-0.25, -0.2) is 0 Å². The van der Waals surface area contributed by atoms with E-state index in [0.29, 0.717) is 17.9 Å². The zero-order chi connectivity index (χ0) is 35.4. The van der Waals surface area contributed by atoms with Crippen molar-refractivity contribution in [2.75, 3.05) is 27.2 Å². The van der Waals surface area contributed by atoms with Gasteiger partial charge in [-0.1, -0.05) is 102 Å². The largest absolute Gasteiger partial charge is 0.391 e. The summed E-state index contributed by atoms with van der Waals surface area (Å²) in [6, 6.07) is 17.6.